The lowest BCUT2D eigenvalue weighted by molar-refractivity contribution is -0.119. The van der Waals surface area contributed by atoms with E-state index in [1.807, 2.05) is 12.1 Å². The molecule has 0 spiro atoms. The monoisotopic (exact) mass is 204 g/mol. The fourth-order valence-electron chi connectivity index (χ4n) is 1.71. The molecule has 0 saturated heterocycles. The summed E-state index contributed by atoms with van der Waals surface area (Å²) in [7, 11) is 0. The van der Waals surface area contributed by atoms with E-state index < -0.39 is 0 Å². The summed E-state index contributed by atoms with van der Waals surface area (Å²) in [6.07, 6.45) is 2.17. The Kier molecular flexibility index (Phi) is 2.73. The van der Waals surface area contributed by atoms with Gasteiger partial charge in [0.05, 0.1) is 5.92 Å². The third-order valence-electron chi connectivity index (χ3n) is 2.43. The molecule has 0 bridgehead atoms. The maximum atomic E-state index is 11.7. The van der Waals surface area contributed by atoms with Crippen molar-refractivity contribution < 1.29 is 4.79 Å². The van der Waals surface area contributed by atoms with E-state index in [-0.39, 0.29) is 11.7 Å². The van der Waals surface area contributed by atoms with E-state index in [2.05, 4.69) is 18.7 Å². The third-order valence-corrected chi connectivity index (χ3v) is 3.62. The molecule has 0 N–H and O–H groups in total. The Balaban J connectivity index is 2.25. The molecule has 0 aliphatic carbocycles. The number of carbonyl (C=O) groups is 1. The van der Waals surface area contributed by atoms with Gasteiger partial charge in [0, 0.05) is 17.1 Å². The summed E-state index contributed by atoms with van der Waals surface area (Å²) >= 11 is 1.78. The largest absolute Gasteiger partial charge is 0.299 e. The highest BCUT2D eigenvalue weighted by atomic mass is 32.2. The van der Waals surface area contributed by atoms with E-state index in [9.17, 15) is 4.79 Å². The van der Waals surface area contributed by atoms with E-state index in [0.717, 1.165) is 5.75 Å². The van der Waals surface area contributed by atoms with E-state index in [4.69, 9.17) is 0 Å². The Hall–Kier alpha value is -1.02. The Morgan fingerprint density at radius 1 is 1.57 bits per heavy atom. The first kappa shape index (κ1) is 9.53. The van der Waals surface area contributed by atoms with Gasteiger partial charge in [-0.1, -0.05) is 24.3 Å². The van der Waals surface area contributed by atoms with E-state index in [1.54, 1.807) is 17.8 Å². The maximum absolute atomic E-state index is 11.7. The molecule has 0 amide bonds. The molecule has 1 aromatic rings. The summed E-state index contributed by atoms with van der Waals surface area (Å²) in [6.45, 7) is 3.60. The van der Waals surface area contributed by atoms with Crippen molar-refractivity contribution in [2.75, 3.05) is 5.75 Å². The Bertz CT molecular complexity index is 370. The maximum Gasteiger partial charge on any atom is 0.144 e. The first-order valence-corrected chi connectivity index (χ1v) is 5.67. The van der Waals surface area contributed by atoms with Gasteiger partial charge in [0.15, 0.2) is 0 Å². The highest BCUT2D eigenvalue weighted by Crippen LogP contribution is 2.40. The van der Waals surface area contributed by atoms with Crippen LogP contribution < -0.4 is 0 Å². The van der Waals surface area contributed by atoms with Gasteiger partial charge in [-0.05, 0) is 11.6 Å². The van der Waals surface area contributed by atoms with Gasteiger partial charge in [-0.3, -0.25) is 4.79 Å². The Morgan fingerprint density at radius 3 is 3.14 bits per heavy atom. The van der Waals surface area contributed by atoms with Crippen LogP contribution in [0.2, 0.25) is 0 Å². The molecule has 1 aliphatic heterocycles. The molecule has 2 rings (SSSR count). The van der Waals surface area contributed by atoms with Gasteiger partial charge >= 0.3 is 0 Å². The van der Waals surface area contributed by atoms with Gasteiger partial charge in [0.1, 0.15) is 5.78 Å². The van der Waals surface area contributed by atoms with Crippen LogP contribution in [-0.2, 0) is 4.79 Å². The fourth-order valence-corrected chi connectivity index (χ4v) is 2.98. The summed E-state index contributed by atoms with van der Waals surface area (Å²) in [5.74, 6) is 1.28. The molecule has 1 atom stereocenters. The lowest BCUT2D eigenvalue weighted by atomic mass is 9.95. The van der Waals surface area contributed by atoms with Crippen molar-refractivity contribution >= 4 is 17.5 Å². The molecule has 0 radical (unpaired) electrons. The molecule has 72 valence electrons. The molecule has 14 heavy (non-hydrogen) atoms. The minimum atomic E-state index is 0.0919. The zero-order valence-electron chi connectivity index (χ0n) is 7.90. The van der Waals surface area contributed by atoms with Crippen molar-refractivity contribution in [3.8, 4) is 0 Å². The number of hydrogen-bond donors (Lipinski definition) is 0. The van der Waals surface area contributed by atoms with Crippen LogP contribution in [0.4, 0.5) is 0 Å². The van der Waals surface area contributed by atoms with Gasteiger partial charge in [0.25, 0.3) is 0 Å². The molecule has 2 heteroatoms. The molecule has 0 fully saturated rings. The average molecular weight is 204 g/mol. The lowest BCUT2D eigenvalue weighted by Gasteiger charge is -2.07. The minimum absolute atomic E-state index is 0.0919. The van der Waals surface area contributed by atoms with Crippen LogP contribution in [0.1, 0.15) is 17.9 Å². The molecular formula is C12H12OS. The second-order valence-corrected chi connectivity index (χ2v) is 4.42. The van der Waals surface area contributed by atoms with Crippen LogP contribution in [0.3, 0.4) is 0 Å². The van der Waals surface area contributed by atoms with Gasteiger partial charge in [0.2, 0.25) is 0 Å². The first-order valence-electron chi connectivity index (χ1n) is 4.68. The molecule has 1 unspecified atom stereocenters. The number of carbonyl (C=O) groups excluding carboxylic acids is 1. The van der Waals surface area contributed by atoms with Crippen molar-refractivity contribution in [3.05, 3.63) is 42.5 Å². The number of benzene rings is 1. The standard InChI is InChI=1S/C12H12OS/c1-2-5-11(13)10-8-14-12-7-4-3-6-9(10)12/h2-4,6-7,10H,1,5,8H2. The molecule has 1 aliphatic rings. The zero-order valence-corrected chi connectivity index (χ0v) is 8.72. The highest BCUT2D eigenvalue weighted by Gasteiger charge is 2.27. The van der Waals surface area contributed by atoms with Crippen molar-refractivity contribution in [3.63, 3.8) is 0 Å². The predicted octanol–water partition coefficient (Wildman–Crippen LogP) is 3.02. The smallest absolute Gasteiger partial charge is 0.144 e. The molecule has 1 aromatic carbocycles. The second-order valence-electron chi connectivity index (χ2n) is 3.36. The molecule has 0 aromatic heterocycles. The SMILES string of the molecule is C=CCC(=O)C1CSc2ccccc21. The molecular weight excluding hydrogens is 192 g/mol. The zero-order chi connectivity index (χ0) is 9.97. The van der Waals surface area contributed by atoms with Crippen LogP contribution in [0, 0.1) is 0 Å². The number of thioether (sulfide) groups is 1. The van der Waals surface area contributed by atoms with Crippen LogP contribution >= 0.6 is 11.8 Å². The minimum Gasteiger partial charge on any atom is -0.299 e. The van der Waals surface area contributed by atoms with Gasteiger partial charge in [-0.15, -0.1) is 18.3 Å². The number of rotatable bonds is 3. The third kappa shape index (κ3) is 1.62. The molecule has 1 heterocycles. The topological polar surface area (TPSA) is 17.1 Å². The molecule has 0 saturated carbocycles. The Morgan fingerprint density at radius 2 is 2.36 bits per heavy atom. The Labute approximate surface area is 88.2 Å². The number of fused-ring (bicyclic) bond motifs is 1. The predicted molar refractivity (Wildman–Crippen MR) is 59.7 cm³/mol. The van der Waals surface area contributed by atoms with Crippen LogP contribution in [-0.4, -0.2) is 11.5 Å². The van der Waals surface area contributed by atoms with Crippen LogP contribution in [0.25, 0.3) is 0 Å². The highest BCUT2D eigenvalue weighted by molar-refractivity contribution is 7.99. The second kappa shape index (κ2) is 4.01. The quantitative estimate of drug-likeness (QED) is 0.704. The van der Waals surface area contributed by atoms with Gasteiger partial charge < -0.3 is 0 Å². The first-order chi connectivity index (χ1) is 6.83. The van der Waals surface area contributed by atoms with Gasteiger partial charge in [-0.25, -0.2) is 0 Å². The van der Waals surface area contributed by atoms with Crippen LogP contribution in [0.5, 0.6) is 0 Å². The summed E-state index contributed by atoms with van der Waals surface area (Å²) in [5.41, 5.74) is 1.20. The van der Waals surface area contributed by atoms with Crippen molar-refractivity contribution in [2.24, 2.45) is 0 Å². The normalized spacial score (nSPS) is 19.0. The average Bonchev–Trinajstić information content (AvgIpc) is 2.61. The molecule has 1 nitrogen and oxygen atoms in total. The van der Waals surface area contributed by atoms with Crippen LogP contribution in [0.15, 0.2) is 41.8 Å². The van der Waals surface area contributed by atoms with Crippen molar-refractivity contribution in [1.82, 2.24) is 0 Å². The van der Waals surface area contributed by atoms with Gasteiger partial charge in [-0.2, -0.15) is 0 Å². The summed E-state index contributed by atoms with van der Waals surface area (Å²) in [6, 6.07) is 8.16. The summed E-state index contributed by atoms with van der Waals surface area (Å²) in [4.78, 5) is 13.0. The van der Waals surface area contributed by atoms with E-state index in [0.29, 0.717) is 6.42 Å². The number of hydrogen-bond acceptors (Lipinski definition) is 2. The van der Waals surface area contributed by atoms with E-state index in [1.165, 1.54) is 10.5 Å². The van der Waals surface area contributed by atoms with E-state index >= 15 is 0 Å². The van der Waals surface area contributed by atoms with Crippen molar-refractivity contribution in [1.29, 1.82) is 0 Å². The number of ketones is 1. The lowest BCUT2D eigenvalue weighted by Crippen LogP contribution is -2.10. The summed E-state index contributed by atoms with van der Waals surface area (Å²) < 4.78 is 0. The fraction of sp³-hybridized carbons (Fsp3) is 0.250. The summed E-state index contributed by atoms with van der Waals surface area (Å²) in [5, 5.41) is 0. The van der Waals surface area contributed by atoms with Crippen molar-refractivity contribution in [2.45, 2.75) is 17.2 Å². The number of Topliss-reactive ketones (excluding diaryl/α,β-unsaturated/α-hetero) is 1. The number of allylic oxidation sites excluding steroid dienone is 1.